The molecule has 5 N–H and O–H groups in total. The van der Waals surface area contributed by atoms with Crippen LogP contribution in [-0.4, -0.2) is 68.3 Å². The van der Waals surface area contributed by atoms with Crippen LogP contribution in [0.4, 0.5) is 0 Å². The highest BCUT2D eigenvalue weighted by Gasteiger charge is 2.11. The molecule has 16 heavy (non-hydrogen) atoms. The summed E-state index contributed by atoms with van der Waals surface area (Å²) in [5.41, 5.74) is 4.84. The fourth-order valence-electron chi connectivity index (χ4n) is 0.908. The van der Waals surface area contributed by atoms with Gasteiger partial charge in [0.05, 0.1) is 25.9 Å². The van der Waals surface area contributed by atoms with E-state index in [1.807, 2.05) is 0 Å². The first kappa shape index (κ1) is 15.3. The predicted molar refractivity (Wildman–Crippen MR) is 56.8 cm³/mol. The lowest BCUT2D eigenvalue weighted by atomic mass is 10.3. The van der Waals surface area contributed by atoms with Crippen molar-refractivity contribution in [1.29, 1.82) is 0 Å². The van der Waals surface area contributed by atoms with Crippen molar-refractivity contribution in [3.05, 3.63) is 0 Å². The summed E-state index contributed by atoms with van der Waals surface area (Å²) in [5.74, 6) is -0.793. The van der Waals surface area contributed by atoms with Crippen molar-refractivity contribution < 1.29 is 24.5 Å². The standard InChI is InChI=1S/C9H20N2O5/c1-15-2-3-16-6-7(12)4-11-5-8(13)9(10)14/h7-8,11-13H,2-6H2,1H3,(H2,10,14). The molecule has 0 aliphatic carbocycles. The molecule has 7 nitrogen and oxygen atoms in total. The Morgan fingerprint density at radius 2 is 2.06 bits per heavy atom. The molecule has 0 aromatic heterocycles. The van der Waals surface area contributed by atoms with Gasteiger partial charge >= 0.3 is 0 Å². The summed E-state index contributed by atoms with van der Waals surface area (Å²) in [6, 6.07) is 0. The van der Waals surface area contributed by atoms with Gasteiger partial charge in [0.25, 0.3) is 0 Å². The zero-order valence-corrected chi connectivity index (χ0v) is 9.39. The zero-order valence-electron chi connectivity index (χ0n) is 9.39. The smallest absolute Gasteiger partial charge is 0.247 e. The highest BCUT2D eigenvalue weighted by atomic mass is 16.5. The second-order valence-corrected chi connectivity index (χ2v) is 3.30. The Morgan fingerprint density at radius 1 is 1.38 bits per heavy atom. The van der Waals surface area contributed by atoms with Gasteiger partial charge in [-0.2, -0.15) is 0 Å². The summed E-state index contributed by atoms with van der Waals surface area (Å²) in [5, 5.41) is 21.1. The molecule has 1 amide bonds. The summed E-state index contributed by atoms with van der Waals surface area (Å²) < 4.78 is 9.83. The number of amides is 1. The minimum Gasteiger partial charge on any atom is -0.389 e. The van der Waals surface area contributed by atoms with E-state index in [1.54, 1.807) is 7.11 Å². The van der Waals surface area contributed by atoms with Gasteiger partial charge in [0, 0.05) is 20.2 Å². The van der Waals surface area contributed by atoms with Crippen LogP contribution in [0.1, 0.15) is 0 Å². The van der Waals surface area contributed by atoms with Gasteiger partial charge in [0.1, 0.15) is 6.10 Å². The van der Waals surface area contributed by atoms with E-state index in [0.717, 1.165) is 0 Å². The maximum absolute atomic E-state index is 10.5. The SMILES string of the molecule is COCCOCC(O)CNCC(O)C(N)=O. The fourth-order valence-corrected chi connectivity index (χ4v) is 0.908. The number of carbonyl (C=O) groups excluding carboxylic acids is 1. The molecule has 0 aromatic rings. The van der Waals surface area contributed by atoms with Gasteiger partial charge in [-0.3, -0.25) is 4.79 Å². The first-order chi connectivity index (χ1) is 7.57. The molecule has 2 atom stereocenters. The second kappa shape index (κ2) is 9.49. The Hall–Kier alpha value is -0.730. The number of rotatable bonds is 10. The highest BCUT2D eigenvalue weighted by Crippen LogP contribution is 1.85. The van der Waals surface area contributed by atoms with Crippen molar-refractivity contribution in [2.24, 2.45) is 5.73 Å². The third kappa shape index (κ3) is 8.57. The quantitative estimate of drug-likeness (QED) is 0.310. The van der Waals surface area contributed by atoms with Gasteiger partial charge in [-0.1, -0.05) is 0 Å². The molecule has 7 heteroatoms. The van der Waals surface area contributed by atoms with E-state index in [4.69, 9.17) is 20.3 Å². The van der Waals surface area contributed by atoms with E-state index >= 15 is 0 Å². The van der Waals surface area contributed by atoms with E-state index in [1.165, 1.54) is 0 Å². The fraction of sp³-hybridized carbons (Fsp3) is 0.889. The Bertz CT molecular complexity index is 191. The van der Waals surface area contributed by atoms with Crippen LogP contribution >= 0.6 is 0 Å². The number of nitrogens with two attached hydrogens (primary N) is 1. The van der Waals surface area contributed by atoms with Crippen LogP contribution < -0.4 is 11.1 Å². The third-order valence-electron chi connectivity index (χ3n) is 1.79. The molecular weight excluding hydrogens is 216 g/mol. The van der Waals surface area contributed by atoms with E-state index in [9.17, 15) is 9.90 Å². The molecule has 0 spiro atoms. The monoisotopic (exact) mass is 236 g/mol. The number of nitrogens with one attached hydrogen (secondary N) is 1. The molecule has 0 heterocycles. The topological polar surface area (TPSA) is 114 Å². The zero-order chi connectivity index (χ0) is 12.4. The van der Waals surface area contributed by atoms with Crippen LogP contribution in [0.25, 0.3) is 0 Å². The van der Waals surface area contributed by atoms with Crippen molar-refractivity contribution in [1.82, 2.24) is 5.32 Å². The number of hydrogen-bond acceptors (Lipinski definition) is 6. The average molecular weight is 236 g/mol. The Balaban J connectivity index is 3.36. The molecule has 0 rings (SSSR count). The predicted octanol–water partition coefficient (Wildman–Crippen LogP) is -2.55. The maximum Gasteiger partial charge on any atom is 0.247 e. The number of primary amides is 1. The molecular formula is C9H20N2O5. The van der Waals surface area contributed by atoms with Gasteiger partial charge in [-0.25, -0.2) is 0 Å². The van der Waals surface area contributed by atoms with Gasteiger partial charge in [-0.15, -0.1) is 0 Å². The molecule has 0 aliphatic heterocycles. The molecule has 96 valence electrons. The van der Waals surface area contributed by atoms with Gasteiger partial charge in [0.15, 0.2) is 0 Å². The minimum absolute atomic E-state index is 0.0183. The molecule has 0 bridgehead atoms. The minimum atomic E-state index is -1.23. The van der Waals surface area contributed by atoms with Crippen molar-refractivity contribution in [3.8, 4) is 0 Å². The molecule has 2 unspecified atom stereocenters. The van der Waals surface area contributed by atoms with E-state index in [2.05, 4.69) is 5.32 Å². The molecule has 0 aliphatic rings. The maximum atomic E-state index is 10.5. The second-order valence-electron chi connectivity index (χ2n) is 3.30. The third-order valence-corrected chi connectivity index (χ3v) is 1.79. The molecule has 0 saturated heterocycles. The highest BCUT2D eigenvalue weighted by molar-refractivity contribution is 5.78. The number of carbonyl (C=O) groups is 1. The first-order valence-electron chi connectivity index (χ1n) is 5.00. The Morgan fingerprint density at radius 3 is 2.62 bits per heavy atom. The molecule has 0 saturated carbocycles. The van der Waals surface area contributed by atoms with Crippen LogP contribution in [0.15, 0.2) is 0 Å². The van der Waals surface area contributed by atoms with E-state index in [-0.39, 0.29) is 19.7 Å². The van der Waals surface area contributed by atoms with Crippen molar-refractivity contribution in [2.45, 2.75) is 12.2 Å². The Kier molecular flexibility index (Phi) is 9.06. The summed E-state index contributed by atoms with van der Waals surface area (Å²) in [4.78, 5) is 10.5. The molecule has 0 fully saturated rings. The lowest BCUT2D eigenvalue weighted by Gasteiger charge is -2.13. The van der Waals surface area contributed by atoms with Crippen molar-refractivity contribution >= 4 is 5.91 Å². The summed E-state index contributed by atoms with van der Waals surface area (Å²) in [7, 11) is 1.56. The van der Waals surface area contributed by atoms with Crippen molar-refractivity contribution in [2.75, 3.05) is 40.0 Å². The first-order valence-corrected chi connectivity index (χ1v) is 5.00. The summed E-state index contributed by atoms with van der Waals surface area (Å²) in [6.45, 7) is 1.29. The lowest BCUT2D eigenvalue weighted by Crippen LogP contribution is -2.41. The summed E-state index contributed by atoms with van der Waals surface area (Å²) >= 11 is 0. The Labute approximate surface area is 94.5 Å². The number of methoxy groups -OCH3 is 1. The van der Waals surface area contributed by atoms with Gasteiger partial charge in [0.2, 0.25) is 5.91 Å². The number of aliphatic hydroxyl groups excluding tert-OH is 2. The molecule has 0 aromatic carbocycles. The lowest BCUT2D eigenvalue weighted by molar-refractivity contribution is -0.125. The van der Waals surface area contributed by atoms with Crippen molar-refractivity contribution in [3.63, 3.8) is 0 Å². The van der Waals surface area contributed by atoms with Crippen LogP contribution in [-0.2, 0) is 14.3 Å². The van der Waals surface area contributed by atoms with E-state index < -0.39 is 18.1 Å². The number of aliphatic hydroxyl groups is 2. The van der Waals surface area contributed by atoms with Crippen LogP contribution in [0, 0.1) is 0 Å². The largest absolute Gasteiger partial charge is 0.389 e. The van der Waals surface area contributed by atoms with Gasteiger partial charge in [-0.05, 0) is 0 Å². The van der Waals surface area contributed by atoms with Crippen LogP contribution in [0.2, 0.25) is 0 Å². The normalized spacial score (nSPS) is 14.7. The summed E-state index contributed by atoms with van der Waals surface area (Å²) in [6.07, 6.45) is -1.93. The number of ether oxygens (including phenoxy) is 2. The number of hydrogen-bond donors (Lipinski definition) is 4. The van der Waals surface area contributed by atoms with Crippen LogP contribution in [0.5, 0.6) is 0 Å². The van der Waals surface area contributed by atoms with Gasteiger partial charge < -0.3 is 30.7 Å². The average Bonchev–Trinajstić information content (AvgIpc) is 2.24. The molecule has 0 radical (unpaired) electrons. The van der Waals surface area contributed by atoms with E-state index in [0.29, 0.717) is 13.2 Å². The van der Waals surface area contributed by atoms with Crippen LogP contribution in [0.3, 0.4) is 0 Å².